The first-order chi connectivity index (χ1) is 21.1. The lowest BCUT2D eigenvalue weighted by atomic mass is 9.91. The zero-order valence-electron chi connectivity index (χ0n) is 24.9. The van der Waals surface area contributed by atoms with E-state index in [0.717, 1.165) is 17.2 Å². The van der Waals surface area contributed by atoms with Crippen LogP contribution in [0.3, 0.4) is 0 Å². The van der Waals surface area contributed by atoms with E-state index in [2.05, 4.69) is 10.1 Å². The molecule has 3 aromatic carbocycles. The van der Waals surface area contributed by atoms with Crippen LogP contribution in [-0.4, -0.2) is 30.3 Å². The van der Waals surface area contributed by atoms with Gasteiger partial charge in [0.05, 0.1) is 16.8 Å². The minimum absolute atomic E-state index is 0.0304. The number of aromatic nitrogens is 4. The molecule has 2 aromatic heterocycles. The average Bonchev–Trinajstić information content (AvgIpc) is 3.50. The van der Waals surface area contributed by atoms with Gasteiger partial charge in [-0.2, -0.15) is 10.1 Å². The number of rotatable bonds is 9. The van der Waals surface area contributed by atoms with Crippen LogP contribution in [0.15, 0.2) is 71.7 Å². The third-order valence-electron chi connectivity index (χ3n) is 7.73. The van der Waals surface area contributed by atoms with Crippen LogP contribution in [0.1, 0.15) is 66.3 Å². The number of halogens is 2. The van der Waals surface area contributed by atoms with Gasteiger partial charge in [0.25, 0.3) is 5.56 Å². The smallest absolute Gasteiger partial charge is 0.265 e. The summed E-state index contributed by atoms with van der Waals surface area (Å²) in [5, 5.41) is 15.8. The molecule has 0 spiro atoms. The molecule has 44 heavy (non-hydrogen) atoms. The van der Waals surface area contributed by atoms with Crippen molar-refractivity contribution in [2.24, 2.45) is 5.73 Å². The Labute approximate surface area is 253 Å². The number of para-hydroxylation sites is 1. The van der Waals surface area contributed by atoms with Gasteiger partial charge < -0.3 is 10.8 Å². The van der Waals surface area contributed by atoms with Crippen molar-refractivity contribution in [1.82, 2.24) is 19.3 Å². The van der Waals surface area contributed by atoms with Crippen LogP contribution in [0, 0.1) is 11.6 Å². The van der Waals surface area contributed by atoms with E-state index in [9.17, 15) is 19.1 Å². The Bertz CT molecular complexity index is 1920. The molecule has 8 nitrogen and oxygen atoms in total. The SMILES string of the molecule is CCc1cccc(CC)c1-n1c(-c2ccn(C(C)C)n2)nc(O)c(Cc2c(F)ccc(-c3ccccc3F)c2C(N)=O)c1=O. The minimum Gasteiger partial charge on any atom is -0.493 e. The standard InChI is InChI=1S/C34H33F2N5O3/c1-5-20-10-9-11-21(6-2)30(20)41-32(28-16-17-40(39-28)19(3)4)38-33(43)25(34(41)44)18-24-27(36)15-14-23(29(24)31(37)42)22-12-7-8-13-26(22)35/h7-17,19,43H,5-6,18H2,1-4H3,(H2,37,42). The normalized spacial score (nSPS) is 11.3. The van der Waals surface area contributed by atoms with E-state index in [1.807, 2.05) is 45.9 Å². The number of aryl methyl sites for hydroxylation is 2. The van der Waals surface area contributed by atoms with Crippen molar-refractivity contribution in [3.63, 3.8) is 0 Å². The fourth-order valence-electron chi connectivity index (χ4n) is 5.48. The molecule has 1 amide bonds. The first-order valence-corrected chi connectivity index (χ1v) is 14.4. The molecule has 0 aliphatic rings. The number of hydrogen-bond acceptors (Lipinski definition) is 5. The van der Waals surface area contributed by atoms with Crippen LogP contribution in [0.25, 0.3) is 28.3 Å². The Kier molecular flexibility index (Phi) is 8.44. The molecular weight excluding hydrogens is 564 g/mol. The van der Waals surface area contributed by atoms with E-state index < -0.39 is 35.4 Å². The van der Waals surface area contributed by atoms with Gasteiger partial charge in [0, 0.05) is 29.8 Å². The lowest BCUT2D eigenvalue weighted by Crippen LogP contribution is -2.28. The molecule has 0 atom stereocenters. The van der Waals surface area contributed by atoms with Crippen molar-refractivity contribution < 1.29 is 18.7 Å². The molecule has 10 heteroatoms. The number of carbonyl (C=O) groups excluding carboxylic acids is 1. The molecule has 0 bridgehead atoms. The fourth-order valence-corrected chi connectivity index (χ4v) is 5.48. The van der Waals surface area contributed by atoms with Gasteiger partial charge in [-0.05, 0) is 61.6 Å². The van der Waals surface area contributed by atoms with Crippen LogP contribution >= 0.6 is 0 Å². The molecular formula is C34H33F2N5O3. The van der Waals surface area contributed by atoms with Crippen molar-refractivity contribution in [1.29, 1.82) is 0 Å². The second-order valence-corrected chi connectivity index (χ2v) is 10.8. The van der Waals surface area contributed by atoms with Gasteiger partial charge in [-0.25, -0.2) is 8.78 Å². The van der Waals surface area contributed by atoms with Crippen molar-refractivity contribution >= 4 is 5.91 Å². The molecule has 2 heterocycles. The van der Waals surface area contributed by atoms with Crippen LogP contribution in [0.4, 0.5) is 8.78 Å². The first kappa shape index (κ1) is 30.3. The highest BCUT2D eigenvalue weighted by Gasteiger charge is 2.27. The maximum Gasteiger partial charge on any atom is 0.265 e. The monoisotopic (exact) mass is 597 g/mol. The molecule has 0 aliphatic carbocycles. The summed E-state index contributed by atoms with van der Waals surface area (Å²) in [7, 11) is 0. The maximum absolute atomic E-state index is 15.5. The number of carbonyl (C=O) groups is 1. The van der Waals surface area contributed by atoms with Gasteiger partial charge >= 0.3 is 0 Å². The van der Waals surface area contributed by atoms with E-state index in [1.165, 1.54) is 28.8 Å². The van der Waals surface area contributed by atoms with Crippen molar-refractivity contribution in [3.8, 4) is 34.2 Å². The number of primary amides is 1. The van der Waals surface area contributed by atoms with Crippen molar-refractivity contribution in [3.05, 3.63) is 117 Å². The molecule has 0 aliphatic heterocycles. The second-order valence-electron chi connectivity index (χ2n) is 10.8. The van der Waals surface area contributed by atoms with Crippen LogP contribution in [-0.2, 0) is 19.3 Å². The van der Waals surface area contributed by atoms with Crippen LogP contribution in [0.2, 0.25) is 0 Å². The molecule has 0 unspecified atom stereocenters. The first-order valence-electron chi connectivity index (χ1n) is 14.4. The lowest BCUT2D eigenvalue weighted by molar-refractivity contribution is 0.0999. The van der Waals surface area contributed by atoms with Gasteiger partial charge in [0.15, 0.2) is 5.82 Å². The van der Waals surface area contributed by atoms with Gasteiger partial charge in [-0.1, -0.05) is 56.3 Å². The minimum atomic E-state index is -1.01. The molecule has 5 aromatic rings. The van der Waals surface area contributed by atoms with E-state index >= 15 is 4.39 Å². The predicted octanol–water partition coefficient (Wildman–Crippen LogP) is 6.14. The summed E-state index contributed by atoms with van der Waals surface area (Å²) in [5.74, 6) is -3.01. The van der Waals surface area contributed by atoms with Gasteiger partial charge in [0.2, 0.25) is 11.8 Å². The van der Waals surface area contributed by atoms with E-state index in [-0.39, 0.29) is 39.7 Å². The Morgan fingerprint density at radius 2 is 1.59 bits per heavy atom. The highest BCUT2D eigenvalue weighted by Crippen LogP contribution is 2.33. The number of nitrogens with zero attached hydrogens (tertiary/aromatic N) is 4. The maximum atomic E-state index is 15.5. The quantitative estimate of drug-likeness (QED) is 0.212. The average molecular weight is 598 g/mol. The molecule has 5 rings (SSSR count). The molecule has 0 radical (unpaired) electrons. The molecule has 226 valence electrons. The zero-order chi connectivity index (χ0) is 31.7. The third kappa shape index (κ3) is 5.39. The Hall–Kier alpha value is -5.12. The van der Waals surface area contributed by atoms with Gasteiger partial charge in [-0.3, -0.25) is 18.8 Å². The predicted molar refractivity (Wildman–Crippen MR) is 165 cm³/mol. The molecule has 0 saturated carbocycles. The number of nitrogens with two attached hydrogens (primary N) is 1. The third-order valence-corrected chi connectivity index (χ3v) is 7.73. The fraction of sp³-hybridized carbons (Fsp3) is 0.235. The molecule has 0 saturated heterocycles. The summed E-state index contributed by atoms with van der Waals surface area (Å²) >= 11 is 0. The summed E-state index contributed by atoms with van der Waals surface area (Å²) in [6, 6.07) is 15.6. The lowest BCUT2D eigenvalue weighted by Gasteiger charge is -2.20. The molecule has 0 fully saturated rings. The van der Waals surface area contributed by atoms with Crippen molar-refractivity contribution in [2.75, 3.05) is 0 Å². The van der Waals surface area contributed by atoms with Gasteiger partial charge in [-0.15, -0.1) is 0 Å². The van der Waals surface area contributed by atoms with E-state index in [1.54, 1.807) is 23.0 Å². The second kappa shape index (κ2) is 12.2. The molecule has 3 N–H and O–H groups in total. The number of benzene rings is 3. The van der Waals surface area contributed by atoms with Gasteiger partial charge in [0.1, 0.15) is 17.3 Å². The Morgan fingerprint density at radius 1 is 0.909 bits per heavy atom. The van der Waals surface area contributed by atoms with Crippen LogP contribution in [0.5, 0.6) is 5.88 Å². The van der Waals surface area contributed by atoms with Crippen molar-refractivity contribution in [2.45, 2.75) is 53.0 Å². The number of aromatic hydroxyl groups is 1. The highest BCUT2D eigenvalue weighted by molar-refractivity contribution is 6.01. The largest absolute Gasteiger partial charge is 0.493 e. The summed E-state index contributed by atoms with van der Waals surface area (Å²) < 4.78 is 33.4. The van der Waals surface area contributed by atoms with E-state index in [4.69, 9.17) is 5.73 Å². The summed E-state index contributed by atoms with van der Waals surface area (Å²) in [5.41, 5.74) is 7.06. The topological polar surface area (TPSA) is 116 Å². The van der Waals surface area contributed by atoms with E-state index in [0.29, 0.717) is 24.2 Å². The number of hydrogen-bond donors (Lipinski definition) is 2. The summed E-state index contributed by atoms with van der Waals surface area (Å²) in [6.45, 7) is 7.85. The number of amides is 1. The Morgan fingerprint density at radius 3 is 2.18 bits per heavy atom. The summed E-state index contributed by atoms with van der Waals surface area (Å²) in [4.78, 5) is 31.7. The summed E-state index contributed by atoms with van der Waals surface area (Å²) in [6.07, 6.45) is 2.42. The zero-order valence-corrected chi connectivity index (χ0v) is 24.9. The highest BCUT2D eigenvalue weighted by atomic mass is 19.1. The Balaban J connectivity index is 1.81. The van der Waals surface area contributed by atoms with Crippen LogP contribution < -0.4 is 11.3 Å².